The fraction of sp³-hybridized carbons (Fsp3) is 0.575. The molecule has 3 N–H and O–H groups in total. The molecule has 12 nitrogen and oxygen atoms in total. The molecule has 294 valence electrons. The molecule has 3 aromatic rings. The number of hydrogen-bond acceptors (Lipinski definition) is 8. The Kier molecular flexibility index (Phi) is 10.9. The van der Waals surface area contributed by atoms with Gasteiger partial charge in [0.25, 0.3) is 0 Å². The summed E-state index contributed by atoms with van der Waals surface area (Å²) in [4.78, 5) is 49.3. The summed E-state index contributed by atoms with van der Waals surface area (Å²) in [5.41, 5.74) is 0.532. The number of anilines is 3. The fourth-order valence-corrected chi connectivity index (χ4v) is 8.68. The summed E-state index contributed by atoms with van der Waals surface area (Å²) in [6.07, 6.45) is 1.73. The zero-order valence-electron chi connectivity index (χ0n) is 33.9. The number of carbonyl (C=O) groups excluding carboxylic acids is 2. The van der Waals surface area contributed by atoms with Crippen molar-refractivity contribution in [3.63, 3.8) is 0 Å². The maximum Gasteiger partial charge on any atom is 0.413 e. The molecule has 2 aromatic heterocycles. The number of aromatic nitrogens is 2. The van der Waals surface area contributed by atoms with E-state index in [0.29, 0.717) is 47.2 Å². The number of nitrogens with zero attached hydrogens (tertiary/aromatic N) is 3. The third kappa shape index (κ3) is 8.49. The number of halogens is 1. The Morgan fingerprint density at radius 2 is 1.57 bits per heavy atom. The molecular formula is C40H56FN5O7Si. The van der Waals surface area contributed by atoms with Crippen LogP contribution in [0.5, 0.6) is 0 Å². The largest absolute Gasteiger partial charge is 0.465 e. The molecular weight excluding hydrogens is 710 g/mol. The molecule has 3 heterocycles. The predicted octanol–water partition coefficient (Wildman–Crippen LogP) is 10.3. The van der Waals surface area contributed by atoms with Crippen LogP contribution in [0.1, 0.15) is 93.3 Å². The highest BCUT2D eigenvalue weighted by Crippen LogP contribution is 2.46. The molecule has 3 amide bonds. The van der Waals surface area contributed by atoms with Crippen LogP contribution in [-0.2, 0) is 20.3 Å². The maximum absolute atomic E-state index is 16.8. The molecule has 5 rings (SSSR count). The second kappa shape index (κ2) is 14.4. The Balaban J connectivity index is 1.51. The molecule has 0 spiro atoms. The number of benzene rings is 1. The third-order valence-corrected chi connectivity index (χ3v) is 15.3. The van der Waals surface area contributed by atoms with Crippen LogP contribution in [0.2, 0.25) is 18.1 Å². The average Bonchev–Trinajstić information content (AvgIpc) is 2.98. The summed E-state index contributed by atoms with van der Waals surface area (Å²) >= 11 is 0. The number of nitrogens with one attached hydrogen (secondary N) is 2. The Labute approximate surface area is 318 Å². The Morgan fingerprint density at radius 1 is 0.926 bits per heavy atom. The molecule has 1 aromatic carbocycles. The van der Waals surface area contributed by atoms with Crippen molar-refractivity contribution >= 4 is 54.6 Å². The first-order chi connectivity index (χ1) is 24.8. The Hall–Kier alpha value is -4.30. The van der Waals surface area contributed by atoms with Crippen molar-refractivity contribution < 1.29 is 37.8 Å². The van der Waals surface area contributed by atoms with Gasteiger partial charge in [-0.05, 0) is 86.7 Å². The van der Waals surface area contributed by atoms with Gasteiger partial charge in [-0.25, -0.2) is 23.8 Å². The molecule has 1 aliphatic carbocycles. The van der Waals surface area contributed by atoms with Crippen LogP contribution < -0.4 is 15.5 Å². The van der Waals surface area contributed by atoms with E-state index >= 15 is 4.39 Å². The predicted molar refractivity (Wildman–Crippen MR) is 211 cm³/mol. The minimum atomic E-state index is -1.95. The van der Waals surface area contributed by atoms with E-state index in [4.69, 9.17) is 13.9 Å². The molecule has 2 aliphatic rings. The van der Waals surface area contributed by atoms with Gasteiger partial charge < -0.3 is 19.0 Å². The van der Waals surface area contributed by atoms with Crippen molar-refractivity contribution in [1.29, 1.82) is 0 Å². The van der Waals surface area contributed by atoms with Gasteiger partial charge in [0.05, 0.1) is 23.2 Å². The van der Waals surface area contributed by atoms with Gasteiger partial charge >= 0.3 is 18.3 Å². The van der Waals surface area contributed by atoms with Gasteiger partial charge in [-0.2, -0.15) is 0 Å². The van der Waals surface area contributed by atoms with E-state index in [1.54, 1.807) is 39.8 Å². The van der Waals surface area contributed by atoms with Crippen LogP contribution in [0.4, 0.5) is 36.0 Å². The van der Waals surface area contributed by atoms with Gasteiger partial charge in [0, 0.05) is 47.8 Å². The van der Waals surface area contributed by atoms with Gasteiger partial charge in [0.15, 0.2) is 14.1 Å². The smallest absolute Gasteiger partial charge is 0.413 e. The van der Waals surface area contributed by atoms with Gasteiger partial charge in [0.1, 0.15) is 17.5 Å². The lowest BCUT2D eigenvalue weighted by Gasteiger charge is -2.46. The maximum atomic E-state index is 16.8. The topological polar surface area (TPSA) is 152 Å². The van der Waals surface area contributed by atoms with Gasteiger partial charge in [-0.1, -0.05) is 48.5 Å². The van der Waals surface area contributed by atoms with Gasteiger partial charge in [-0.3, -0.25) is 20.5 Å². The van der Waals surface area contributed by atoms with Crippen molar-refractivity contribution in [3.05, 3.63) is 41.6 Å². The summed E-state index contributed by atoms with van der Waals surface area (Å²) in [6.45, 7) is 25.8. The van der Waals surface area contributed by atoms with Crippen LogP contribution in [0, 0.1) is 24.1 Å². The first-order valence-electron chi connectivity index (χ1n) is 18.6. The highest BCUT2D eigenvalue weighted by atomic mass is 28.4. The Morgan fingerprint density at radius 3 is 2.15 bits per heavy atom. The number of carbonyl (C=O) groups is 3. The van der Waals surface area contributed by atoms with E-state index in [0.717, 1.165) is 0 Å². The molecule has 1 fully saturated rings. The lowest BCUT2D eigenvalue weighted by molar-refractivity contribution is -0.0243. The molecule has 0 saturated heterocycles. The van der Waals surface area contributed by atoms with Crippen molar-refractivity contribution in [2.24, 2.45) is 11.3 Å². The second-order valence-electron chi connectivity index (χ2n) is 18.4. The number of ether oxygens (including phenoxy) is 2. The van der Waals surface area contributed by atoms with Crippen LogP contribution in [0.25, 0.3) is 21.9 Å². The van der Waals surface area contributed by atoms with E-state index in [1.807, 2.05) is 27.7 Å². The number of fused-ring (bicyclic) bond motifs is 2. The lowest BCUT2D eigenvalue weighted by Crippen LogP contribution is -2.54. The van der Waals surface area contributed by atoms with Gasteiger partial charge in [-0.15, -0.1) is 0 Å². The van der Waals surface area contributed by atoms with E-state index in [1.165, 1.54) is 17.3 Å². The second-order valence-corrected chi connectivity index (χ2v) is 23.1. The van der Waals surface area contributed by atoms with Gasteiger partial charge in [0.2, 0.25) is 0 Å². The number of rotatable bonds is 6. The van der Waals surface area contributed by atoms with Crippen molar-refractivity contribution in [1.82, 2.24) is 9.97 Å². The summed E-state index contributed by atoms with van der Waals surface area (Å²) in [6, 6.07) is 2.77. The molecule has 54 heavy (non-hydrogen) atoms. The first kappa shape index (κ1) is 40.9. The first-order valence-corrected chi connectivity index (χ1v) is 21.5. The molecule has 2 atom stereocenters. The number of hydrogen-bond donors (Lipinski definition) is 3. The third-order valence-electron chi connectivity index (χ3n) is 10.7. The van der Waals surface area contributed by atoms with E-state index in [-0.39, 0.29) is 51.7 Å². The molecule has 1 saturated carbocycles. The number of carboxylic acid groups (broad SMARTS) is 1. The molecule has 1 aliphatic heterocycles. The summed E-state index contributed by atoms with van der Waals surface area (Å²) in [5.74, 6) is -0.640. The standard InChI is InChI=1S/C40H56FN5O7Si/c1-21-14-29-33(46(37(49)50)34(21)38(3,4)5)22(2)27(19-42-29)26-15-23-16-30(43-20-28(23)32(31(26)41)45-36(48)52-39(6,7)8)44-35(47)51-24-17-25(18-24)53-54(12,13)40(9,10)11/h15-16,19-21,24-25,34H,14,17-18H2,1-13H3,(H,45,48)(H,49,50)(H,43,44,47). The summed E-state index contributed by atoms with van der Waals surface area (Å²) in [5, 5.41) is 16.5. The monoisotopic (exact) mass is 765 g/mol. The lowest BCUT2D eigenvalue weighted by atomic mass is 9.74. The van der Waals surface area contributed by atoms with Crippen molar-refractivity contribution in [2.45, 2.75) is 137 Å². The summed E-state index contributed by atoms with van der Waals surface area (Å²) < 4.78 is 34.4. The van der Waals surface area contributed by atoms with E-state index in [2.05, 4.69) is 54.5 Å². The van der Waals surface area contributed by atoms with Crippen LogP contribution in [-0.4, -0.2) is 65.5 Å². The van der Waals surface area contributed by atoms with E-state index in [9.17, 15) is 19.5 Å². The molecule has 2 unspecified atom stereocenters. The SMILES string of the molecule is Cc1c(-c2cc3cc(NC(=O)OC4CC(O[Si](C)(C)C(C)(C)C)C4)ncc3c(NC(=O)OC(C)(C)C)c2F)cnc2c1N(C(=O)O)C(C(C)(C)C)C(C)C2. The van der Waals surface area contributed by atoms with Crippen LogP contribution >= 0.6 is 0 Å². The highest BCUT2D eigenvalue weighted by molar-refractivity contribution is 6.74. The summed E-state index contributed by atoms with van der Waals surface area (Å²) in [7, 11) is -1.95. The molecule has 14 heteroatoms. The molecule has 0 radical (unpaired) electrons. The van der Waals surface area contributed by atoms with Crippen LogP contribution in [0.15, 0.2) is 24.5 Å². The number of pyridine rings is 2. The normalized spacial score (nSPS) is 20.5. The van der Waals surface area contributed by atoms with E-state index < -0.39 is 43.4 Å². The zero-order valence-corrected chi connectivity index (χ0v) is 34.9. The zero-order chi connectivity index (χ0) is 40.3. The fourth-order valence-electron chi connectivity index (χ4n) is 7.30. The quantitative estimate of drug-likeness (QED) is 0.208. The minimum Gasteiger partial charge on any atom is -0.465 e. The van der Waals surface area contributed by atoms with Crippen molar-refractivity contribution in [2.75, 3.05) is 15.5 Å². The average molecular weight is 766 g/mol. The molecule has 0 bridgehead atoms. The Bertz CT molecular complexity index is 1960. The highest BCUT2D eigenvalue weighted by Gasteiger charge is 2.45. The number of amides is 3. The minimum absolute atomic E-state index is 0.0140. The van der Waals surface area contributed by atoms with Crippen LogP contribution in [0.3, 0.4) is 0 Å². The van der Waals surface area contributed by atoms with Crippen molar-refractivity contribution in [3.8, 4) is 11.1 Å².